The molecule has 1 aromatic heterocycles. The van der Waals surface area contributed by atoms with Crippen molar-refractivity contribution in [3.8, 4) is 11.8 Å². The lowest BCUT2D eigenvalue weighted by molar-refractivity contribution is 0.102. The van der Waals surface area contributed by atoms with E-state index in [1.54, 1.807) is 19.2 Å². The number of anilines is 1. The molecule has 2 rings (SSSR count). The predicted octanol–water partition coefficient (Wildman–Crippen LogP) is 0.505. The van der Waals surface area contributed by atoms with Gasteiger partial charge in [0.2, 0.25) is 0 Å². The highest BCUT2D eigenvalue weighted by atomic mass is 16.2. The van der Waals surface area contributed by atoms with E-state index in [1.165, 1.54) is 4.80 Å². The summed E-state index contributed by atoms with van der Waals surface area (Å²) in [6, 6.07) is 5.23. The summed E-state index contributed by atoms with van der Waals surface area (Å²) in [5, 5.41) is 22.5. The van der Waals surface area contributed by atoms with Crippen LogP contribution in [0.2, 0.25) is 0 Å². The topological polar surface area (TPSA) is 92.9 Å². The Labute approximate surface area is 122 Å². The van der Waals surface area contributed by atoms with Gasteiger partial charge >= 0.3 is 0 Å². The number of aliphatic hydroxyl groups excluding tert-OH is 1. The lowest BCUT2D eigenvalue weighted by Crippen LogP contribution is -2.13. The third-order valence-corrected chi connectivity index (χ3v) is 2.69. The van der Waals surface area contributed by atoms with E-state index in [1.807, 2.05) is 13.0 Å². The van der Waals surface area contributed by atoms with E-state index >= 15 is 0 Å². The van der Waals surface area contributed by atoms with Crippen molar-refractivity contribution in [2.45, 2.75) is 13.3 Å². The van der Waals surface area contributed by atoms with Gasteiger partial charge < -0.3 is 5.11 Å². The van der Waals surface area contributed by atoms with E-state index in [2.05, 4.69) is 32.6 Å². The average Bonchev–Trinajstić information content (AvgIpc) is 2.86. The molecule has 0 saturated carbocycles. The Kier molecular flexibility index (Phi) is 4.64. The second-order valence-electron chi connectivity index (χ2n) is 4.36. The summed E-state index contributed by atoms with van der Waals surface area (Å²) in [5.74, 6) is 5.60. The zero-order chi connectivity index (χ0) is 15.2. The third-order valence-electron chi connectivity index (χ3n) is 2.69. The fourth-order valence-corrected chi connectivity index (χ4v) is 1.62. The van der Waals surface area contributed by atoms with E-state index in [9.17, 15) is 4.79 Å². The number of nitrogens with zero attached hydrogens (tertiary/aromatic N) is 4. The zero-order valence-electron chi connectivity index (χ0n) is 11.8. The zero-order valence-corrected chi connectivity index (χ0v) is 11.8. The van der Waals surface area contributed by atoms with Crippen LogP contribution < -0.4 is 5.32 Å². The lowest BCUT2D eigenvalue weighted by Gasteiger charge is -2.03. The normalized spacial score (nSPS) is 9.86. The van der Waals surface area contributed by atoms with Crippen LogP contribution in [0.15, 0.2) is 18.2 Å². The minimum absolute atomic E-state index is 0.0184. The number of hydrogen-bond donors (Lipinski definition) is 2. The maximum absolute atomic E-state index is 12.1. The Morgan fingerprint density at radius 2 is 2.29 bits per heavy atom. The molecule has 0 spiro atoms. The summed E-state index contributed by atoms with van der Waals surface area (Å²) in [4.78, 5) is 13.4. The molecule has 0 atom stereocenters. The molecule has 21 heavy (non-hydrogen) atoms. The van der Waals surface area contributed by atoms with Crippen LogP contribution in [-0.4, -0.2) is 37.8 Å². The number of benzene rings is 1. The number of nitrogens with one attached hydrogen (secondary N) is 1. The Balaban J connectivity index is 2.18. The molecular weight excluding hydrogens is 270 g/mol. The van der Waals surface area contributed by atoms with Crippen molar-refractivity contribution in [2.75, 3.05) is 11.9 Å². The Morgan fingerprint density at radius 3 is 2.95 bits per heavy atom. The molecule has 0 fully saturated rings. The van der Waals surface area contributed by atoms with Gasteiger partial charge in [-0.05, 0) is 29.8 Å². The first-order valence-corrected chi connectivity index (χ1v) is 6.36. The van der Waals surface area contributed by atoms with Crippen LogP contribution in [0.1, 0.15) is 27.9 Å². The highest BCUT2D eigenvalue weighted by Crippen LogP contribution is 2.11. The number of aromatic nitrogens is 4. The van der Waals surface area contributed by atoms with Crippen molar-refractivity contribution in [2.24, 2.45) is 7.05 Å². The summed E-state index contributed by atoms with van der Waals surface area (Å²) < 4.78 is 0. The molecule has 0 aliphatic rings. The van der Waals surface area contributed by atoms with Crippen molar-refractivity contribution >= 4 is 11.9 Å². The smallest absolute Gasteiger partial charge is 0.270 e. The van der Waals surface area contributed by atoms with Crippen LogP contribution in [0.5, 0.6) is 0 Å². The number of carbonyl (C=O) groups excluding carboxylic acids is 1. The highest BCUT2D eigenvalue weighted by molar-refractivity contribution is 6.03. The number of aryl methyl sites for hydroxylation is 2. The van der Waals surface area contributed by atoms with Gasteiger partial charge in [0, 0.05) is 17.5 Å². The number of aliphatic hydroxyl groups is 1. The van der Waals surface area contributed by atoms with E-state index in [4.69, 9.17) is 5.11 Å². The van der Waals surface area contributed by atoms with Gasteiger partial charge in [0.05, 0.1) is 13.7 Å². The SMILES string of the molecule is Cc1ccc(C(=O)Nc2nnn(C)n2)cc1C#CCCO. The van der Waals surface area contributed by atoms with E-state index < -0.39 is 0 Å². The fourth-order valence-electron chi connectivity index (χ4n) is 1.62. The number of amides is 1. The largest absolute Gasteiger partial charge is 0.395 e. The first-order chi connectivity index (χ1) is 10.1. The van der Waals surface area contributed by atoms with E-state index in [-0.39, 0.29) is 18.5 Å². The standard InChI is InChI=1S/C14H15N5O2/c1-10-6-7-12(9-11(10)5-3-4-8-20)13(21)15-14-16-18-19(2)17-14/h6-7,9,20H,4,8H2,1-2H3,(H,15,17,21). The third kappa shape index (κ3) is 3.87. The van der Waals surface area contributed by atoms with Gasteiger partial charge in [0.1, 0.15) is 0 Å². The molecule has 1 amide bonds. The first-order valence-electron chi connectivity index (χ1n) is 6.36. The fraction of sp³-hybridized carbons (Fsp3) is 0.286. The lowest BCUT2D eigenvalue weighted by atomic mass is 10.0. The second-order valence-corrected chi connectivity index (χ2v) is 4.36. The minimum atomic E-state index is -0.326. The van der Waals surface area contributed by atoms with E-state index in [0.717, 1.165) is 11.1 Å². The maximum Gasteiger partial charge on any atom is 0.270 e. The van der Waals surface area contributed by atoms with Crippen molar-refractivity contribution < 1.29 is 9.90 Å². The molecule has 1 aromatic carbocycles. The molecule has 0 aliphatic carbocycles. The van der Waals surface area contributed by atoms with Crippen LogP contribution in [0.25, 0.3) is 0 Å². The first kappa shape index (κ1) is 14.7. The molecular formula is C14H15N5O2. The molecule has 108 valence electrons. The Hall–Kier alpha value is -2.72. The highest BCUT2D eigenvalue weighted by Gasteiger charge is 2.10. The Bertz CT molecular complexity index is 712. The predicted molar refractivity (Wildman–Crippen MR) is 76.5 cm³/mol. The van der Waals surface area contributed by atoms with Crippen LogP contribution >= 0.6 is 0 Å². The average molecular weight is 285 g/mol. The van der Waals surface area contributed by atoms with Gasteiger partial charge in [0.15, 0.2) is 0 Å². The summed E-state index contributed by atoms with van der Waals surface area (Å²) in [7, 11) is 1.61. The van der Waals surface area contributed by atoms with Crippen LogP contribution in [0, 0.1) is 18.8 Å². The molecule has 0 radical (unpaired) electrons. The van der Waals surface area contributed by atoms with Gasteiger partial charge in [-0.25, -0.2) is 0 Å². The molecule has 2 aromatic rings. The number of carbonyl (C=O) groups is 1. The van der Waals surface area contributed by atoms with Gasteiger partial charge in [-0.2, -0.15) is 4.80 Å². The number of hydrogen-bond acceptors (Lipinski definition) is 5. The molecule has 1 heterocycles. The van der Waals surface area contributed by atoms with Gasteiger partial charge in [0.25, 0.3) is 11.9 Å². The maximum atomic E-state index is 12.1. The summed E-state index contributed by atoms with van der Waals surface area (Å²) in [6.45, 7) is 1.93. The number of rotatable bonds is 3. The van der Waals surface area contributed by atoms with Gasteiger partial charge in [-0.15, -0.1) is 5.10 Å². The van der Waals surface area contributed by atoms with Crippen LogP contribution in [-0.2, 0) is 7.05 Å². The summed E-state index contributed by atoms with van der Waals surface area (Å²) in [6.07, 6.45) is 0.402. The summed E-state index contributed by atoms with van der Waals surface area (Å²) >= 11 is 0. The quantitative estimate of drug-likeness (QED) is 0.801. The van der Waals surface area contributed by atoms with Crippen molar-refractivity contribution in [1.82, 2.24) is 20.2 Å². The molecule has 0 aliphatic heterocycles. The molecule has 2 N–H and O–H groups in total. The molecule has 0 unspecified atom stereocenters. The summed E-state index contributed by atoms with van der Waals surface area (Å²) in [5.41, 5.74) is 2.18. The van der Waals surface area contributed by atoms with Crippen molar-refractivity contribution in [3.63, 3.8) is 0 Å². The van der Waals surface area contributed by atoms with Crippen molar-refractivity contribution in [3.05, 3.63) is 34.9 Å². The van der Waals surface area contributed by atoms with Crippen molar-refractivity contribution in [1.29, 1.82) is 0 Å². The van der Waals surface area contributed by atoms with Crippen LogP contribution in [0.4, 0.5) is 5.95 Å². The molecule has 0 bridgehead atoms. The molecule has 0 saturated heterocycles. The molecule has 7 nitrogen and oxygen atoms in total. The van der Waals surface area contributed by atoms with Gasteiger partial charge in [-0.3, -0.25) is 10.1 Å². The monoisotopic (exact) mass is 285 g/mol. The molecule has 7 heteroatoms. The Morgan fingerprint density at radius 1 is 1.48 bits per heavy atom. The second kappa shape index (κ2) is 6.63. The van der Waals surface area contributed by atoms with Crippen LogP contribution in [0.3, 0.4) is 0 Å². The minimum Gasteiger partial charge on any atom is -0.395 e. The van der Waals surface area contributed by atoms with Gasteiger partial charge in [-0.1, -0.05) is 23.0 Å². The number of tetrazole rings is 1. The van der Waals surface area contributed by atoms with E-state index in [0.29, 0.717) is 12.0 Å².